The Morgan fingerprint density at radius 1 is 1.00 bits per heavy atom. The molecule has 1 amide bonds. The summed E-state index contributed by atoms with van der Waals surface area (Å²) < 4.78 is 16.0. The van der Waals surface area contributed by atoms with Crippen LogP contribution < -0.4 is 19.5 Å². The quantitative estimate of drug-likeness (QED) is 0.813. The highest BCUT2D eigenvalue weighted by atomic mass is 35.5. The second-order valence-electron chi connectivity index (χ2n) is 5.51. The highest BCUT2D eigenvalue weighted by Crippen LogP contribution is 2.39. The van der Waals surface area contributed by atoms with E-state index in [2.05, 4.69) is 5.32 Å². The van der Waals surface area contributed by atoms with Gasteiger partial charge in [0.25, 0.3) is 0 Å². The summed E-state index contributed by atoms with van der Waals surface area (Å²) in [4.78, 5) is 12.4. The number of methoxy groups -OCH3 is 3. The van der Waals surface area contributed by atoms with Crippen molar-refractivity contribution in [2.75, 3.05) is 21.3 Å². The van der Waals surface area contributed by atoms with Crippen LogP contribution in [0.5, 0.6) is 17.2 Å². The van der Waals surface area contributed by atoms with Crippen LogP contribution in [-0.4, -0.2) is 27.2 Å². The summed E-state index contributed by atoms with van der Waals surface area (Å²) in [5.41, 5.74) is 1.71. The lowest BCUT2D eigenvalue weighted by Crippen LogP contribution is -2.28. The van der Waals surface area contributed by atoms with Crippen LogP contribution in [0.15, 0.2) is 36.4 Å². The summed E-state index contributed by atoms with van der Waals surface area (Å²) in [7, 11) is 4.62. The third-order valence-electron chi connectivity index (χ3n) is 3.88. The van der Waals surface area contributed by atoms with Gasteiger partial charge in [-0.05, 0) is 30.7 Å². The van der Waals surface area contributed by atoms with E-state index in [0.29, 0.717) is 22.3 Å². The molecule has 0 aromatic heterocycles. The molecule has 0 bridgehead atoms. The fourth-order valence-electron chi connectivity index (χ4n) is 2.60. The summed E-state index contributed by atoms with van der Waals surface area (Å²) in [5, 5.41) is 3.64. The normalized spacial score (nSPS) is 11.6. The Bertz CT molecular complexity index is 731. The van der Waals surface area contributed by atoms with Gasteiger partial charge in [-0.2, -0.15) is 0 Å². The topological polar surface area (TPSA) is 56.8 Å². The summed E-state index contributed by atoms with van der Waals surface area (Å²) >= 11 is 5.89. The molecular weight excluding hydrogens is 342 g/mol. The average molecular weight is 364 g/mol. The first-order chi connectivity index (χ1) is 12.0. The average Bonchev–Trinajstić information content (AvgIpc) is 2.61. The zero-order chi connectivity index (χ0) is 18.4. The molecule has 0 aliphatic rings. The van der Waals surface area contributed by atoms with Gasteiger partial charge in [-0.15, -0.1) is 0 Å². The van der Waals surface area contributed by atoms with Gasteiger partial charge < -0.3 is 19.5 Å². The monoisotopic (exact) mass is 363 g/mol. The van der Waals surface area contributed by atoms with Gasteiger partial charge in [0.15, 0.2) is 11.5 Å². The maximum absolute atomic E-state index is 12.4. The van der Waals surface area contributed by atoms with E-state index in [-0.39, 0.29) is 18.4 Å². The Hall–Kier alpha value is -2.40. The Morgan fingerprint density at radius 2 is 1.64 bits per heavy atom. The molecule has 5 nitrogen and oxygen atoms in total. The third kappa shape index (κ3) is 4.57. The fraction of sp³-hybridized carbons (Fsp3) is 0.316. The van der Waals surface area contributed by atoms with Crippen molar-refractivity contribution < 1.29 is 19.0 Å². The van der Waals surface area contributed by atoms with E-state index in [9.17, 15) is 4.79 Å². The first-order valence-electron chi connectivity index (χ1n) is 7.82. The standard InChI is InChI=1S/C19H22ClNO4/c1-12(13-5-8-15(20)9-6-13)21-17(22)11-14-7-10-16(23-2)19(25-4)18(14)24-3/h5-10,12H,11H2,1-4H3,(H,21,22)/t12-/m0/s1. The van der Waals surface area contributed by atoms with Gasteiger partial charge in [0.2, 0.25) is 11.7 Å². The number of carbonyl (C=O) groups is 1. The minimum absolute atomic E-state index is 0.118. The van der Waals surface area contributed by atoms with Gasteiger partial charge >= 0.3 is 0 Å². The van der Waals surface area contributed by atoms with Gasteiger partial charge in [0.05, 0.1) is 33.8 Å². The van der Waals surface area contributed by atoms with Crippen LogP contribution >= 0.6 is 11.6 Å². The highest BCUT2D eigenvalue weighted by molar-refractivity contribution is 6.30. The number of ether oxygens (including phenoxy) is 3. The van der Waals surface area contributed by atoms with Crippen LogP contribution in [-0.2, 0) is 11.2 Å². The Morgan fingerprint density at radius 3 is 2.20 bits per heavy atom. The van der Waals surface area contributed by atoms with Gasteiger partial charge in [-0.3, -0.25) is 4.79 Å². The van der Waals surface area contributed by atoms with Crippen molar-refractivity contribution in [2.45, 2.75) is 19.4 Å². The van der Waals surface area contributed by atoms with Gasteiger partial charge in [0.1, 0.15) is 0 Å². The molecule has 1 atom stereocenters. The lowest BCUT2D eigenvalue weighted by Gasteiger charge is -2.17. The predicted octanol–water partition coefficient (Wildman–Crippen LogP) is 3.79. The van der Waals surface area contributed by atoms with Crippen molar-refractivity contribution in [3.05, 3.63) is 52.5 Å². The Balaban J connectivity index is 2.13. The predicted molar refractivity (Wildman–Crippen MR) is 97.8 cm³/mol. The van der Waals surface area contributed by atoms with Crippen molar-refractivity contribution in [3.63, 3.8) is 0 Å². The summed E-state index contributed by atoms with van der Waals surface area (Å²) in [6, 6.07) is 10.8. The molecule has 0 aliphatic heterocycles. The largest absolute Gasteiger partial charge is 0.493 e. The van der Waals surface area contributed by atoms with Crippen LogP contribution in [0.2, 0.25) is 5.02 Å². The second-order valence-corrected chi connectivity index (χ2v) is 5.95. The Labute approximate surface area is 152 Å². The summed E-state index contributed by atoms with van der Waals surface area (Å²) in [6.07, 6.45) is 0.168. The number of hydrogen-bond donors (Lipinski definition) is 1. The van der Waals surface area contributed by atoms with E-state index in [1.807, 2.05) is 19.1 Å². The molecule has 0 spiro atoms. The van der Waals surface area contributed by atoms with Crippen molar-refractivity contribution in [2.24, 2.45) is 0 Å². The van der Waals surface area contributed by atoms with Gasteiger partial charge in [-0.25, -0.2) is 0 Å². The Kier molecular flexibility index (Phi) is 6.53. The fourth-order valence-corrected chi connectivity index (χ4v) is 2.73. The molecule has 134 valence electrons. The van der Waals surface area contributed by atoms with Gasteiger partial charge in [-0.1, -0.05) is 29.8 Å². The molecule has 2 rings (SSSR count). The maximum atomic E-state index is 12.4. The number of hydrogen-bond acceptors (Lipinski definition) is 4. The molecule has 25 heavy (non-hydrogen) atoms. The smallest absolute Gasteiger partial charge is 0.225 e. The van der Waals surface area contributed by atoms with Crippen molar-refractivity contribution in [1.82, 2.24) is 5.32 Å². The third-order valence-corrected chi connectivity index (χ3v) is 4.14. The lowest BCUT2D eigenvalue weighted by atomic mass is 10.1. The molecule has 0 saturated heterocycles. The molecule has 0 unspecified atom stereocenters. The van der Waals surface area contributed by atoms with E-state index in [0.717, 1.165) is 11.1 Å². The number of benzene rings is 2. The minimum atomic E-state index is -0.129. The van der Waals surface area contributed by atoms with Crippen molar-refractivity contribution >= 4 is 17.5 Å². The number of rotatable bonds is 7. The number of amides is 1. The van der Waals surface area contributed by atoms with Crippen molar-refractivity contribution in [1.29, 1.82) is 0 Å². The number of carbonyl (C=O) groups excluding carboxylic acids is 1. The first kappa shape index (κ1) is 18.9. The van der Waals surface area contributed by atoms with E-state index >= 15 is 0 Å². The molecule has 6 heteroatoms. The maximum Gasteiger partial charge on any atom is 0.225 e. The van der Waals surface area contributed by atoms with E-state index in [1.54, 1.807) is 31.4 Å². The van der Waals surface area contributed by atoms with Crippen LogP contribution in [0.1, 0.15) is 24.1 Å². The van der Waals surface area contributed by atoms with Crippen LogP contribution in [0, 0.1) is 0 Å². The molecule has 0 saturated carbocycles. The molecule has 0 fully saturated rings. The van der Waals surface area contributed by atoms with Crippen LogP contribution in [0.3, 0.4) is 0 Å². The lowest BCUT2D eigenvalue weighted by molar-refractivity contribution is -0.121. The molecule has 1 N–H and O–H groups in total. The minimum Gasteiger partial charge on any atom is -0.493 e. The van der Waals surface area contributed by atoms with E-state index in [4.69, 9.17) is 25.8 Å². The van der Waals surface area contributed by atoms with Crippen LogP contribution in [0.4, 0.5) is 0 Å². The van der Waals surface area contributed by atoms with Gasteiger partial charge in [0, 0.05) is 10.6 Å². The van der Waals surface area contributed by atoms with Crippen LogP contribution in [0.25, 0.3) is 0 Å². The SMILES string of the molecule is COc1ccc(CC(=O)N[C@@H](C)c2ccc(Cl)cc2)c(OC)c1OC. The van der Waals surface area contributed by atoms with E-state index in [1.165, 1.54) is 14.2 Å². The molecule has 0 aliphatic carbocycles. The van der Waals surface area contributed by atoms with E-state index < -0.39 is 0 Å². The molecular formula is C19H22ClNO4. The zero-order valence-electron chi connectivity index (χ0n) is 14.8. The molecule has 0 heterocycles. The highest BCUT2D eigenvalue weighted by Gasteiger charge is 2.18. The molecule has 2 aromatic carbocycles. The molecule has 2 aromatic rings. The summed E-state index contributed by atoms with van der Waals surface area (Å²) in [5.74, 6) is 1.41. The number of halogens is 1. The summed E-state index contributed by atoms with van der Waals surface area (Å²) in [6.45, 7) is 1.92. The first-order valence-corrected chi connectivity index (χ1v) is 8.20. The van der Waals surface area contributed by atoms with Crippen molar-refractivity contribution in [3.8, 4) is 17.2 Å². The second kappa shape index (κ2) is 8.62. The number of nitrogens with one attached hydrogen (secondary N) is 1. The molecule has 0 radical (unpaired) electrons. The zero-order valence-corrected chi connectivity index (χ0v) is 15.5.